The highest BCUT2D eigenvalue weighted by atomic mass is 79.9. The summed E-state index contributed by atoms with van der Waals surface area (Å²) in [6.07, 6.45) is 2.82. The molecule has 2 nitrogen and oxygen atoms in total. The molecule has 0 saturated carbocycles. The molecule has 2 aromatic rings. The Bertz CT molecular complexity index is 447. The van der Waals surface area contributed by atoms with Crippen LogP contribution >= 0.6 is 43.2 Å². The van der Waals surface area contributed by atoms with E-state index < -0.39 is 0 Å². The maximum atomic E-state index is 5.51. The van der Waals surface area contributed by atoms with Gasteiger partial charge in [-0.15, -0.1) is 11.3 Å². The van der Waals surface area contributed by atoms with Crippen molar-refractivity contribution in [2.75, 3.05) is 6.54 Å². The first-order valence-electron chi connectivity index (χ1n) is 5.44. The molecule has 0 aromatic carbocycles. The molecule has 1 N–H and O–H groups in total. The monoisotopic (exact) mass is 377 g/mol. The summed E-state index contributed by atoms with van der Waals surface area (Å²) in [6.45, 7) is 3.13. The molecule has 2 rings (SSSR count). The van der Waals surface area contributed by atoms with E-state index in [0.29, 0.717) is 0 Å². The third-order valence-electron chi connectivity index (χ3n) is 2.37. The van der Waals surface area contributed by atoms with Crippen LogP contribution in [-0.2, 0) is 0 Å². The minimum atomic E-state index is 0.137. The third-order valence-corrected chi connectivity index (χ3v) is 5.70. The fraction of sp³-hybridized carbons (Fsp3) is 0.333. The largest absolute Gasteiger partial charge is 0.467 e. The molecule has 0 bridgehead atoms. The molecule has 2 aromatic heterocycles. The van der Waals surface area contributed by atoms with Gasteiger partial charge >= 0.3 is 0 Å². The molecule has 0 spiro atoms. The lowest BCUT2D eigenvalue weighted by Crippen LogP contribution is -2.21. The lowest BCUT2D eigenvalue weighted by atomic mass is 10.2. The van der Waals surface area contributed by atoms with Crippen molar-refractivity contribution in [2.24, 2.45) is 0 Å². The number of rotatable bonds is 5. The van der Waals surface area contributed by atoms with E-state index in [9.17, 15) is 0 Å². The standard InChI is InChI=1S/C12H13Br2NOS/c1-2-5-15-11(9-4-3-6-16-9)10-7-8(13)12(14)17-10/h3-4,6-7,11,15H,2,5H2,1H3. The maximum Gasteiger partial charge on any atom is 0.126 e. The van der Waals surface area contributed by atoms with Gasteiger partial charge in [-0.1, -0.05) is 6.92 Å². The molecule has 17 heavy (non-hydrogen) atoms. The minimum Gasteiger partial charge on any atom is -0.467 e. The second-order valence-corrected chi connectivity index (χ2v) is 6.93. The Morgan fingerprint density at radius 2 is 2.29 bits per heavy atom. The van der Waals surface area contributed by atoms with Crippen molar-refractivity contribution in [3.63, 3.8) is 0 Å². The summed E-state index contributed by atoms with van der Waals surface area (Å²) in [5.74, 6) is 0.958. The Morgan fingerprint density at radius 3 is 2.82 bits per heavy atom. The molecule has 0 saturated heterocycles. The predicted octanol–water partition coefficient (Wildman–Crippen LogP) is 4.96. The number of hydrogen-bond donors (Lipinski definition) is 1. The topological polar surface area (TPSA) is 25.2 Å². The number of hydrogen-bond acceptors (Lipinski definition) is 3. The van der Waals surface area contributed by atoms with Crippen molar-refractivity contribution in [1.29, 1.82) is 0 Å². The summed E-state index contributed by atoms with van der Waals surface area (Å²) in [5.41, 5.74) is 0. The van der Waals surface area contributed by atoms with Crippen LogP contribution in [0.4, 0.5) is 0 Å². The molecule has 0 fully saturated rings. The van der Waals surface area contributed by atoms with E-state index >= 15 is 0 Å². The smallest absolute Gasteiger partial charge is 0.126 e. The van der Waals surface area contributed by atoms with Crippen LogP contribution in [-0.4, -0.2) is 6.54 Å². The second-order valence-electron chi connectivity index (χ2n) is 3.67. The van der Waals surface area contributed by atoms with Gasteiger partial charge in [0.2, 0.25) is 0 Å². The molecule has 0 amide bonds. The van der Waals surface area contributed by atoms with Crippen LogP contribution in [0.5, 0.6) is 0 Å². The lowest BCUT2D eigenvalue weighted by Gasteiger charge is -2.14. The third kappa shape index (κ3) is 3.22. The van der Waals surface area contributed by atoms with Crippen LogP contribution in [0.15, 0.2) is 37.1 Å². The SMILES string of the molecule is CCCNC(c1ccco1)c1cc(Br)c(Br)s1. The number of nitrogens with one attached hydrogen (secondary N) is 1. The molecule has 0 aliphatic rings. The van der Waals surface area contributed by atoms with Gasteiger partial charge in [-0.05, 0) is 63.0 Å². The number of halogens is 2. The molecule has 0 aliphatic heterocycles. The van der Waals surface area contributed by atoms with Crippen LogP contribution < -0.4 is 5.32 Å². The average Bonchev–Trinajstić information content (AvgIpc) is 2.92. The van der Waals surface area contributed by atoms with E-state index in [1.165, 1.54) is 4.88 Å². The molecular weight excluding hydrogens is 366 g/mol. The van der Waals surface area contributed by atoms with E-state index in [2.05, 4.69) is 50.2 Å². The first-order chi connectivity index (χ1) is 8.22. The number of thiophene rings is 1. The van der Waals surface area contributed by atoms with Crippen LogP contribution in [0.25, 0.3) is 0 Å². The van der Waals surface area contributed by atoms with Crippen LogP contribution in [0, 0.1) is 0 Å². The summed E-state index contributed by atoms with van der Waals surface area (Å²) in [5, 5.41) is 3.50. The Labute approximate surface area is 122 Å². The van der Waals surface area contributed by atoms with Crippen molar-refractivity contribution in [2.45, 2.75) is 19.4 Å². The molecule has 1 unspecified atom stereocenters. The highest BCUT2D eigenvalue weighted by molar-refractivity contribution is 9.13. The van der Waals surface area contributed by atoms with Crippen molar-refractivity contribution in [1.82, 2.24) is 5.32 Å². The van der Waals surface area contributed by atoms with Gasteiger partial charge in [0.1, 0.15) is 11.8 Å². The normalized spacial score (nSPS) is 12.9. The van der Waals surface area contributed by atoms with Gasteiger partial charge in [0, 0.05) is 9.35 Å². The van der Waals surface area contributed by atoms with Gasteiger partial charge in [-0.25, -0.2) is 0 Å². The maximum absolute atomic E-state index is 5.51. The Hall–Kier alpha value is -0.1000. The zero-order valence-corrected chi connectivity index (χ0v) is 13.4. The fourth-order valence-electron chi connectivity index (χ4n) is 1.59. The van der Waals surface area contributed by atoms with E-state index in [0.717, 1.165) is 27.0 Å². The molecule has 92 valence electrons. The summed E-state index contributed by atoms with van der Waals surface area (Å²) < 4.78 is 7.71. The van der Waals surface area contributed by atoms with Crippen LogP contribution in [0.3, 0.4) is 0 Å². The zero-order valence-electron chi connectivity index (χ0n) is 9.37. The molecule has 5 heteroatoms. The molecule has 1 atom stereocenters. The quantitative estimate of drug-likeness (QED) is 0.795. The lowest BCUT2D eigenvalue weighted by molar-refractivity contribution is 0.450. The van der Waals surface area contributed by atoms with Crippen molar-refractivity contribution >= 4 is 43.2 Å². The van der Waals surface area contributed by atoms with E-state index in [4.69, 9.17) is 4.42 Å². The number of furan rings is 1. The first-order valence-corrected chi connectivity index (χ1v) is 7.84. The fourth-order valence-corrected chi connectivity index (χ4v) is 3.76. The Balaban J connectivity index is 2.26. The second kappa shape index (κ2) is 6.18. The van der Waals surface area contributed by atoms with Gasteiger partial charge in [-0.3, -0.25) is 0 Å². The highest BCUT2D eigenvalue weighted by Crippen LogP contribution is 2.37. The van der Waals surface area contributed by atoms with Gasteiger partial charge < -0.3 is 9.73 Å². The van der Waals surface area contributed by atoms with Gasteiger partial charge in [0.05, 0.1) is 10.0 Å². The summed E-state index contributed by atoms with van der Waals surface area (Å²) in [4.78, 5) is 1.24. The van der Waals surface area contributed by atoms with Gasteiger partial charge in [0.15, 0.2) is 0 Å². The van der Waals surface area contributed by atoms with Crippen molar-refractivity contribution in [3.8, 4) is 0 Å². The van der Waals surface area contributed by atoms with E-state index in [1.54, 1.807) is 17.6 Å². The average molecular weight is 379 g/mol. The van der Waals surface area contributed by atoms with E-state index in [-0.39, 0.29) is 6.04 Å². The first kappa shape index (κ1) is 13.3. The molecular formula is C12H13Br2NOS. The van der Waals surface area contributed by atoms with Crippen LogP contribution in [0.2, 0.25) is 0 Å². The van der Waals surface area contributed by atoms with Crippen molar-refractivity contribution < 1.29 is 4.42 Å². The predicted molar refractivity (Wildman–Crippen MR) is 78.6 cm³/mol. The van der Waals surface area contributed by atoms with Crippen molar-refractivity contribution in [3.05, 3.63) is 43.4 Å². The summed E-state index contributed by atoms with van der Waals surface area (Å²) in [7, 11) is 0. The van der Waals surface area contributed by atoms with Gasteiger partial charge in [0.25, 0.3) is 0 Å². The summed E-state index contributed by atoms with van der Waals surface area (Å²) in [6, 6.07) is 6.20. The Kier molecular flexibility index (Phi) is 4.85. The summed E-state index contributed by atoms with van der Waals surface area (Å²) >= 11 is 8.77. The van der Waals surface area contributed by atoms with Crippen LogP contribution in [0.1, 0.15) is 30.0 Å². The highest BCUT2D eigenvalue weighted by Gasteiger charge is 2.19. The zero-order chi connectivity index (χ0) is 12.3. The molecule has 0 aliphatic carbocycles. The molecule has 2 heterocycles. The van der Waals surface area contributed by atoms with E-state index in [1.807, 2.05) is 12.1 Å². The van der Waals surface area contributed by atoms with Gasteiger partial charge in [-0.2, -0.15) is 0 Å². The molecule has 0 radical (unpaired) electrons. The Morgan fingerprint density at radius 1 is 1.47 bits per heavy atom. The minimum absolute atomic E-state index is 0.137.